The number of alkyl halides is 3. The number of rotatable bonds is 6. The standard InChI is InChI=1S/C21H18F4N6O3/c1-4-34-19(32)13-8-26-30(10-13)20-28-16-9-27-31(17(16)18(29-20)33-3)11(2)12-5-14(21(23,24)25)7-15(22)6-12/h5-11H,4H2,1-3H3/t11-/m0/s1. The zero-order valence-electron chi connectivity index (χ0n) is 18.2. The Balaban J connectivity index is 1.76. The zero-order valence-corrected chi connectivity index (χ0v) is 18.2. The minimum atomic E-state index is -4.70. The van der Waals surface area contributed by atoms with Crippen LogP contribution in [0.3, 0.4) is 0 Å². The predicted molar refractivity (Wildman–Crippen MR) is 110 cm³/mol. The Labute approximate surface area is 189 Å². The van der Waals surface area contributed by atoms with Crippen LogP contribution in [0.25, 0.3) is 17.0 Å². The van der Waals surface area contributed by atoms with Gasteiger partial charge >= 0.3 is 12.1 Å². The minimum absolute atomic E-state index is 0.0506. The first-order valence-corrected chi connectivity index (χ1v) is 10.0. The van der Waals surface area contributed by atoms with Crippen LogP contribution in [0.15, 0.2) is 36.8 Å². The summed E-state index contributed by atoms with van der Waals surface area (Å²) in [7, 11) is 1.35. The second-order valence-electron chi connectivity index (χ2n) is 7.20. The van der Waals surface area contributed by atoms with Crippen LogP contribution in [-0.4, -0.2) is 49.2 Å². The number of aromatic nitrogens is 6. The SMILES string of the molecule is CCOC(=O)c1cnn(-c2nc(OC)c3c(cnn3[C@@H](C)c3cc(F)cc(C(F)(F)F)c3)n2)c1. The summed E-state index contributed by atoms with van der Waals surface area (Å²) in [5, 5.41) is 8.28. The van der Waals surface area contributed by atoms with E-state index >= 15 is 0 Å². The molecular formula is C21H18F4N6O3. The third-order valence-electron chi connectivity index (χ3n) is 4.99. The van der Waals surface area contributed by atoms with Gasteiger partial charge < -0.3 is 9.47 Å². The van der Waals surface area contributed by atoms with E-state index in [0.29, 0.717) is 11.6 Å². The van der Waals surface area contributed by atoms with E-state index in [-0.39, 0.29) is 35.1 Å². The van der Waals surface area contributed by atoms with Gasteiger partial charge in [-0.15, -0.1) is 0 Å². The molecular weight excluding hydrogens is 460 g/mol. The number of hydrogen-bond donors (Lipinski definition) is 0. The van der Waals surface area contributed by atoms with Gasteiger partial charge in [0.05, 0.1) is 43.3 Å². The summed E-state index contributed by atoms with van der Waals surface area (Å²) >= 11 is 0. The molecule has 0 bridgehead atoms. The molecule has 0 aliphatic carbocycles. The first-order valence-electron chi connectivity index (χ1n) is 10.0. The molecule has 3 aromatic heterocycles. The zero-order chi connectivity index (χ0) is 24.6. The van der Waals surface area contributed by atoms with Gasteiger partial charge in [-0.05, 0) is 37.6 Å². The number of hydrogen-bond acceptors (Lipinski definition) is 7. The number of methoxy groups -OCH3 is 1. The molecule has 1 atom stereocenters. The lowest BCUT2D eigenvalue weighted by molar-refractivity contribution is -0.137. The third kappa shape index (κ3) is 4.28. The monoisotopic (exact) mass is 478 g/mol. The van der Waals surface area contributed by atoms with Gasteiger partial charge in [0.2, 0.25) is 5.88 Å². The van der Waals surface area contributed by atoms with Gasteiger partial charge in [-0.1, -0.05) is 0 Å². The second kappa shape index (κ2) is 8.72. The highest BCUT2D eigenvalue weighted by atomic mass is 19.4. The van der Waals surface area contributed by atoms with Gasteiger partial charge in [-0.3, -0.25) is 4.68 Å². The Morgan fingerprint density at radius 2 is 1.91 bits per heavy atom. The molecule has 0 saturated heterocycles. The van der Waals surface area contributed by atoms with E-state index in [9.17, 15) is 22.4 Å². The fourth-order valence-corrected chi connectivity index (χ4v) is 3.37. The van der Waals surface area contributed by atoms with Gasteiger partial charge in [-0.2, -0.15) is 28.4 Å². The molecule has 0 fully saturated rings. The topological polar surface area (TPSA) is 97.0 Å². The number of nitrogens with zero attached hydrogens (tertiary/aromatic N) is 6. The molecule has 4 aromatic rings. The fourth-order valence-electron chi connectivity index (χ4n) is 3.37. The van der Waals surface area contributed by atoms with Crippen molar-refractivity contribution in [1.82, 2.24) is 29.5 Å². The van der Waals surface area contributed by atoms with E-state index in [1.807, 2.05) is 0 Å². The molecule has 13 heteroatoms. The highest BCUT2D eigenvalue weighted by molar-refractivity contribution is 5.88. The first-order chi connectivity index (χ1) is 16.1. The fraction of sp³-hybridized carbons (Fsp3) is 0.286. The molecule has 0 aliphatic rings. The van der Waals surface area contributed by atoms with Crippen LogP contribution in [0.4, 0.5) is 17.6 Å². The van der Waals surface area contributed by atoms with E-state index in [1.165, 1.54) is 35.1 Å². The van der Waals surface area contributed by atoms with E-state index in [2.05, 4.69) is 20.2 Å². The Morgan fingerprint density at radius 1 is 1.15 bits per heavy atom. The molecule has 178 valence electrons. The van der Waals surface area contributed by atoms with Crippen LogP contribution in [0.2, 0.25) is 0 Å². The maximum atomic E-state index is 13.9. The molecule has 0 radical (unpaired) electrons. The molecule has 0 spiro atoms. The van der Waals surface area contributed by atoms with Crippen molar-refractivity contribution in [2.75, 3.05) is 13.7 Å². The predicted octanol–water partition coefficient (Wildman–Crippen LogP) is 3.96. The highest BCUT2D eigenvalue weighted by Gasteiger charge is 2.32. The first kappa shape index (κ1) is 23.1. The lowest BCUT2D eigenvalue weighted by atomic mass is 10.0. The van der Waals surface area contributed by atoms with Crippen molar-refractivity contribution < 1.29 is 31.8 Å². The van der Waals surface area contributed by atoms with Crippen LogP contribution in [0, 0.1) is 5.82 Å². The lowest BCUT2D eigenvalue weighted by Gasteiger charge is -2.17. The highest BCUT2D eigenvalue weighted by Crippen LogP contribution is 2.34. The number of carbonyl (C=O) groups excluding carboxylic acids is 1. The van der Waals surface area contributed by atoms with E-state index in [0.717, 1.165) is 12.1 Å². The lowest BCUT2D eigenvalue weighted by Crippen LogP contribution is -2.13. The summed E-state index contributed by atoms with van der Waals surface area (Å²) in [6.45, 7) is 3.44. The van der Waals surface area contributed by atoms with Crippen LogP contribution in [0.1, 0.15) is 41.4 Å². The van der Waals surface area contributed by atoms with Crippen molar-refractivity contribution in [2.45, 2.75) is 26.1 Å². The van der Waals surface area contributed by atoms with E-state index in [4.69, 9.17) is 9.47 Å². The molecule has 3 heterocycles. The van der Waals surface area contributed by atoms with Gasteiger partial charge in [0.15, 0.2) is 0 Å². The Bertz CT molecular complexity index is 1360. The van der Waals surface area contributed by atoms with Crippen molar-refractivity contribution in [3.63, 3.8) is 0 Å². The van der Waals surface area contributed by atoms with Gasteiger partial charge in [0.25, 0.3) is 5.95 Å². The normalized spacial score (nSPS) is 12.7. The molecule has 0 saturated carbocycles. The Hall–Kier alpha value is -4.03. The maximum Gasteiger partial charge on any atom is 0.416 e. The average Bonchev–Trinajstić information content (AvgIpc) is 3.45. The van der Waals surface area contributed by atoms with Gasteiger partial charge in [0.1, 0.15) is 16.9 Å². The minimum Gasteiger partial charge on any atom is -0.479 e. The number of ether oxygens (including phenoxy) is 2. The summed E-state index contributed by atoms with van der Waals surface area (Å²) < 4.78 is 66.3. The number of carbonyl (C=O) groups is 1. The molecule has 9 nitrogen and oxygen atoms in total. The van der Waals surface area contributed by atoms with E-state index < -0.39 is 29.6 Å². The van der Waals surface area contributed by atoms with Crippen molar-refractivity contribution in [3.05, 3.63) is 59.3 Å². The van der Waals surface area contributed by atoms with Crippen molar-refractivity contribution in [2.24, 2.45) is 0 Å². The Morgan fingerprint density at radius 3 is 2.59 bits per heavy atom. The summed E-state index contributed by atoms with van der Waals surface area (Å²) in [4.78, 5) is 20.6. The summed E-state index contributed by atoms with van der Waals surface area (Å²) in [5.41, 5.74) is -0.272. The molecule has 0 unspecified atom stereocenters. The van der Waals surface area contributed by atoms with Gasteiger partial charge in [-0.25, -0.2) is 18.9 Å². The molecule has 0 aliphatic heterocycles. The van der Waals surface area contributed by atoms with Crippen molar-refractivity contribution >= 4 is 17.0 Å². The van der Waals surface area contributed by atoms with Crippen LogP contribution in [-0.2, 0) is 10.9 Å². The second-order valence-corrected chi connectivity index (χ2v) is 7.20. The number of halogens is 4. The summed E-state index contributed by atoms with van der Waals surface area (Å²) in [6, 6.07) is 1.50. The largest absolute Gasteiger partial charge is 0.479 e. The third-order valence-corrected chi connectivity index (χ3v) is 4.99. The molecule has 34 heavy (non-hydrogen) atoms. The molecule has 0 amide bonds. The van der Waals surface area contributed by atoms with E-state index in [1.54, 1.807) is 13.8 Å². The summed E-state index contributed by atoms with van der Waals surface area (Å²) in [5.74, 6) is -1.45. The molecule has 1 aromatic carbocycles. The smallest absolute Gasteiger partial charge is 0.416 e. The summed E-state index contributed by atoms with van der Waals surface area (Å²) in [6.07, 6.45) is -0.646. The maximum absolute atomic E-state index is 13.9. The number of esters is 1. The van der Waals surface area contributed by atoms with Crippen molar-refractivity contribution in [1.29, 1.82) is 0 Å². The van der Waals surface area contributed by atoms with Gasteiger partial charge in [0, 0.05) is 6.20 Å². The molecule has 4 rings (SSSR count). The van der Waals surface area contributed by atoms with Crippen LogP contribution < -0.4 is 4.74 Å². The number of fused-ring (bicyclic) bond motifs is 1. The van der Waals surface area contributed by atoms with Crippen molar-refractivity contribution in [3.8, 4) is 11.8 Å². The Kier molecular flexibility index (Phi) is 5.94. The van der Waals surface area contributed by atoms with Crippen LogP contribution in [0.5, 0.6) is 5.88 Å². The van der Waals surface area contributed by atoms with Crippen LogP contribution >= 0.6 is 0 Å². The quantitative estimate of drug-likeness (QED) is 0.306. The molecule has 0 N–H and O–H groups in total. The number of benzene rings is 1. The average molecular weight is 478 g/mol.